The van der Waals surface area contributed by atoms with Gasteiger partial charge in [-0.15, -0.1) is 0 Å². The molecule has 0 bridgehead atoms. The minimum atomic E-state index is -1.60. The first-order valence-corrected chi connectivity index (χ1v) is 5.79. The van der Waals surface area contributed by atoms with Crippen molar-refractivity contribution in [3.8, 4) is 11.5 Å². The van der Waals surface area contributed by atoms with Crippen molar-refractivity contribution >= 4 is 5.97 Å². The molecule has 0 unspecified atom stereocenters. The third-order valence-electron chi connectivity index (χ3n) is 3.49. The molecule has 3 N–H and O–H groups in total. The number of fused-ring (bicyclic) bond motifs is 1. The van der Waals surface area contributed by atoms with Crippen LogP contribution in [0.4, 0.5) is 0 Å². The Morgan fingerprint density at radius 3 is 2.68 bits per heavy atom. The number of aliphatic hydroxyl groups excluding tert-OH is 1. The number of methoxy groups -OCH3 is 1. The Morgan fingerprint density at radius 2 is 2.16 bits per heavy atom. The molecule has 0 spiro atoms. The van der Waals surface area contributed by atoms with E-state index >= 15 is 0 Å². The molecule has 6 nitrogen and oxygen atoms in total. The van der Waals surface area contributed by atoms with E-state index in [9.17, 15) is 20.1 Å². The summed E-state index contributed by atoms with van der Waals surface area (Å²) in [7, 11) is 1.42. The number of phenolic OH excluding ortho intramolecular Hbond substituents is 1. The van der Waals surface area contributed by atoms with Crippen molar-refractivity contribution in [3.63, 3.8) is 0 Å². The number of hydrogen-bond acceptors (Lipinski definition) is 6. The van der Waals surface area contributed by atoms with Crippen molar-refractivity contribution in [2.45, 2.75) is 25.6 Å². The molecule has 1 aliphatic rings. The lowest BCUT2D eigenvalue weighted by atomic mass is 9.81. The van der Waals surface area contributed by atoms with E-state index < -0.39 is 24.3 Å². The smallest absolute Gasteiger partial charge is 0.342 e. The molecule has 0 radical (unpaired) electrons. The van der Waals surface area contributed by atoms with Crippen LogP contribution < -0.4 is 4.74 Å². The van der Waals surface area contributed by atoms with Crippen LogP contribution in [0.3, 0.4) is 0 Å². The molecule has 0 aromatic heterocycles. The number of aliphatic hydroxyl groups is 2. The lowest BCUT2D eigenvalue weighted by molar-refractivity contribution is -0.107. The Morgan fingerprint density at radius 1 is 1.53 bits per heavy atom. The highest BCUT2D eigenvalue weighted by molar-refractivity contribution is 5.96. The van der Waals surface area contributed by atoms with E-state index in [1.165, 1.54) is 20.1 Å². The zero-order valence-corrected chi connectivity index (χ0v) is 10.9. The summed E-state index contributed by atoms with van der Waals surface area (Å²) >= 11 is 0. The topological polar surface area (TPSA) is 96.2 Å². The number of phenols is 1. The number of esters is 1. The van der Waals surface area contributed by atoms with Crippen LogP contribution in [0, 0.1) is 6.92 Å². The number of hydrogen-bond donors (Lipinski definition) is 3. The third kappa shape index (κ3) is 1.84. The number of rotatable bonds is 2. The molecule has 1 aliphatic heterocycles. The van der Waals surface area contributed by atoms with Gasteiger partial charge in [-0.2, -0.15) is 0 Å². The molecule has 1 aromatic carbocycles. The van der Waals surface area contributed by atoms with Gasteiger partial charge in [0, 0.05) is 11.6 Å². The summed E-state index contributed by atoms with van der Waals surface area (Å²) in [5, 5.41) is 29.7. The average molecular weight is 268 g/mol. The number of ether oxygens (including phenoxy) is 2. The molecule has 0 saturated heterocycles. The van der Waals surface area contributed by atoms with E-state index in [0.29, 0.717) is 11.3 Å². The first-order valence-electron chi connectivity index (χ1n) is 5.79. The minimum absolute atomic E-state index is 0.0898. The van der Waals surface area contributed by atoms with Crippen molar-refractivity contribution in [3.05, 3.63) is 22.8 Å². The second-order valence-electron chi connectivity index (χ2n) is 4.70. The highest BCUT2D eigenvalue weighted by Gasteiger charge is 2.46. The number of benzene rings is 1. The van der Waals surface area contributed by atoms with Gasteiger partial charge in [-0.1, -0.05) is 0 Å². The standard InChI is InChI=1S/C13H16O6/c1-6-8(18-3)4-7(15)10-11(6)13(2,17)9(5-14)19-12(10)16/h4,9,14-15,17H,5H2,1-3H3/t9-,13-/m1/s1. The first kappa shape index (κ1) is 13.6. The number of cyclic esters (lactones) is 1. The zero-order valence-electron chi connectivity index (χ0n) is 10.9. The Balaban J connectivity index is 2.79. The molecule has 0 saturated carbocycles. The summed E-state index contributed by atoms with van der Waals surface area (Å²) in [5.41, 5.74) is -0.947. The van der Waals surface area contributed by atoms with Crippen LogP contribution in [0.15, 0.2) is 6.07 Å². The Bertz CT molecular complexity index is 534. The second-order valence-corrected chi connectivity index (χ2v) is 4.70. The maximum absolute atomic E-state index is 11.9. The van der Waals surface area contributed by atoms with Gasteiger partial charge < -0.3 is 24.8 Å². The van der Waals surface area contributed by atoms with Crippen LogP contribution in [0.25, 0.3) is 0 Å². The number of carbonyl (C=O) groups is 1. The van der Waals surface area contributed by atoms with Gasteiger partial charge in [0.25, 0.3) is 0 Å². The molecule has 0 aliphatic carbocycles. The predicted molar refractivity (Wildman–Crippen MR) is 65.3 cm³/mol. The van der Waals surface area contributed by atoms with Crippen molar-refractivity contribution in [1.29, 1.82) is 0 Å². The maximum Gasteiger partial charge on any atom is 0.342 e. The minimum Gasteiger partial charge on any atom is -0.507 e. The molecule has 6 heteroatoms. The normalized spacial score (nSPS) is 25.7. The number of aromatic hydroxyl groups is 1. The summed E-state index contributed by atoms with van der Waals surface area (Å²) in [6.07, 6.45) is -1.09. The summed E-state index contributed by atoms with van der Waals surface area (Å²) in [6, 6.07) is 1.30. The summed E-state index contributed by atoms with van der Waals surface area (Å²) < 4.78 is 10.1. The van der Waals surface area contributed by atoms with Gasteiger partial charge in [0.2, 0.25) is 0 Å². The van der Waals surface area contributed by atoms with Gasteiger partial charge in [-0.3, -0.25) is 0 Å². The van der Waals surface area contributed by atoms with E-state index in [2.05, 4.69) is 0 Å². The van der Waals surface area contributed by atoms with Crippen molar-refractivity contribution in [2.75, 3.05) is 13.7 Å². The molecular formula is C13H16O6. The first-order chi connectivity index (χ1) is 8.84. The Labute approximate surface area is 110 Å². The summed E-state index contributed by atoms with van der Waals surface area (Å²) in [5.74, 6) is -0.745. The lowest BCUT2D eigenvalue weighted by Gasteiger charge is -2.38. The molecule has 104 valence electrons. The molecule has 1 aromatic rings. The summed E-state index contributed by atoms with van der Waals surface area (Å²) in [4.78, 5) is 11.9. The molecule has 0 amide bonds. The quantitative estimate of drug-likeness (QED) is 0.674. The molecule has 2 atom stereocenters. The largest absolute Gasteiger partial charge is 0.507 e. The van der Waals surface area contributed by atoms with Gasteiger partial charge in [-0.05, 0) is 19.4 Å². The third-order valence-corrected chi connectivity index (χ3v) is 3.49. The molecule has 19 heavy (non-hydrogen) atoms. The monoisotopic (exact) mass is 268 g/mol. The average Bonchev–Trinajstić information content (AvgIpc) is 2.35. The fourth-order valence-electron chi connectivity index (χ4n) is 2.47. The van der Waals surface area contributed by atoms with E-state index in [1.54, 1.807) is 6.92 Å². The van der Waals surface area contributed by atoms with Crippen LogP contribution in [-0.2, 0) is 10.3 Å². The van der Waals surface area contributed by atoms with Gasteiger partial charge in [0.15, 0.2) is 6.10 Å². The molecule has 0 fully saturated rings. The van der Waals surface area contributed by atoms with E-state index in [0.717, 1.165) is 0 Å². The maximum atomic E-state index is 11.9. The van der Waals surface area contributed by atoms with Crippen molar-refractivity contribution < 1.29 is 29.6 Å². The fourth-order valence-corrected chi connectivity index (χ4v) is 2.47. The SMILES string of the molecule is COc1cc(O)c2c(c1C)[C@](C)(O)[C@@H](CO)OC2=O. The van der Waals surface area contributed by atoms with Crippen molar-refractivity contribution in [2.24, 2.45) is 0 Å². The van der Waals surface area contributed by atoms with Crippen LogP contribution in [0.2, 0.25) is 0 Å². The van der Waals surface area contributed by atoms with Crippen LogP contribution in [0.5, 0.6) is 11.5 Å². The van der Waals surface area contributed by atoms with Gasteiger partial charge >= 0.3 is 5.97 Å². The van der Waals surface area contributed by atoms with Crippen LogP contribution >= 0.6 is 0 Å². The Kier molecular flexibility index (Phi) is 3.15. The second kappa shape index (κ2) is 4.40. The van der Waals surface area contributed by atoms with Gasteiger partial charge in [-0.25, -0.2) is 4.79 Å². The summed E-state index contributed by atoms with van der Waals surface area (Å²) in [6.45, 7) is 2.57. The van der Waals surface area contributed by atoms with Crippen molar-refractivity contribution in [1.82, 2.24) is 0 Å². The highest BCUT2D eigenvalue weighted by Crippen LogP contribution is 2.43. The molecule has 2 rings (SSSR count). The Hall–Kier alpha value is -1.79. The fraction of sp³-hybridized carbons (Fsp3) is 0.462. The van der Waals surface area contributed by atoms with E-state index in [1.807, 2.05) is 0 Å². The van der Waals surface area contributed by atoms with E-state index in [-0.39, 0.29) is 16.9 Å². The van der Waals surface area contributed by atoms with E-state index in [4.69, 9.17) is 9.47 Å². The van der Waals surface area contributed by atoms with Crippen LogP contribution in [-0.4, -0.2) is 41.1 Å². The highest BCUT2D eigenvalue weighted by atomic mass is 16.6. The van der Waals surface area contributed by atoms with Crippen LogP contribution in [0.1, 0.15) is 28.4 Å². The molecular weight excluding hydrogens is 252 g/mol. The predicted octanol–water partition coefficient (Wildman–Crippen LogP) is 0.448. The van der Waals surface area contributed by atoms with Gasteiger partial charge in [0.1, 0.15) is 22.7 Å². The lowest BCUT2D eigenvalue weighted by Crippen LogP contribution is -2.47. The zero-order chi connectivity index (χ0) is 14.4. The van der Waals surface area contributed by atoms with Gasteiger partial charge in [0.05, 0.1) is 13.7 Å². The molecule has 1 heterocycles. The number of carbonyl (C=O) groups excluding carboxylic acids is 1.